The number of hydrogen-bond acceptors (Lipinski definition) is 6. The second-order valence-electron chi connectivity index (χ2n) is 9.06. The Hall–Kier alpha value is -4.79. The van der Waals surface area contributed by atoms with Crippen LogP contribution in [0.3, 0.4) is 0 Å². The van der Waals surface area contributed by atoms with E-state index in [4.69, 9.17) is 14.2 Å². The first-order valence-corrected chi connectivity index (χ1v) is 12.3. The molecule has 200 valence electrons. The largest absolute Gasteiger partial charge is 0.507 e. The van der Waals surface area contributed by atoms with Gasteiger partial charge < -0.3 is 29.2 Å². The Morgan fingerprint density at radius 1 is 0.974 bits per heavy atom. The number of aliphatic hydroxyl groups is 1. The molecule has 9 heteroatoms. The Morgan fingerprint density at radius 3 is 2.46 bits per heavy atom. The van der Waals surface area contributed by atoms with Gasteiger partial charge in [0.05, 0.1) is 32.9 Å². The highest BCUT2D eigenvalue weighted by atomic mass is 19.1. The molecule has 0 unspecified atom stereocenters. The second kappa shape index (κ2) is 10.5. The molecule has 0 saturated carbocycles. The van der Waals surface area contributed by atoms with Crippen LogP contribution >= 0.6 is 0 Å². The summed E-state index contributed by atoms with van der Waals surface area (Å²) < 4.78 is 31.1. The molecule has 4 aromatic rings. The van der Waals surface area contributed by atoms with E-state index in [0.29, 0.717) is 23.7 Å². The third-order valence-electron chi connectivity index (χ3n) is 6.99. The van der Waals surface area contributed by atoms with Crippen LogP contribution in [-0.2, 0) is 16.0 Å². The number of H-pyrrole nitrogens is 1. The third-order valence-corrected chi connectivity index (χ3v) is 6.99. The summed E-state index contributed by atoms with van der Waals surface area (Å²) in [4.78, 5) is 31.2. The van der Waals surface area contributed by atoms with Gasteiger partial charge in [0.25, 0.3) is 11.7 Å². The standard InChI is InChI=1S/C30H27FN2O6/c1-37-19-9-10-23-21(15-19)18(16-32-23)12-13-33-27(20-6-4-5-7-22(20)31)26(29(35)30(33)36)28(34)17-8-11-24(38-2)25(14-17)39-3/h4-11,14-16,27,32,34H,12-13H2,1-3H3/t27-/m0/s1. The van der Waals surface area contributed by atoms with Crippen LogP contribution in [0.25, 0.3) is 16.7 Å². The van der Waals surface area contributed by atoms with Crippen molar-refractivity contribution in [3.63, 3.8) is 0 Å². The summed E-state index contributed by atoms with van der Waals surface area (Å²) in [6.45, 7) is 0.108. The van der Waals surface area contributed by atoms with Crippen LogP contribution in [0.2, 0.25) is 0 Å². The van der Waals surface area contributed by atoms with Gasteiger partial charge in [0.15, 0.2) is 11.5 Å². The average Bonchev–Trinajstić information content (AvgIpc) is 3.48. The van der Waals surface area contributed by atoms with Gasteiger partial charge in [0.1, 0.15) is 17.3 Å². The number of nitrogens with zero attached hydrogens (tertiary/aromatic N) is 1. The van der Waals surface area contributed by atoms with E-state index < -0.39 is 29.3 Å². The molecule has 3 aromatic carbocycles. The minimum atomic E-state index is -1.13. The van der Waals surface area contributed by atoms with Crippen molar-refractivity contribution in [2.45, 2.75) is 12.5 Å². The van der Waals surface area contributed by atoms with Gasteiger partial charge >= 0.3 is 0 Å². The van der Waals surface area contributed by atoms with Crippen LogP contribution in [0.4, 0.5) is 4.39 Å². The summed E-state index contributed by atoms with van der Waals surface area (Å²) in [6.07, 6.45) is 2.21. The van der Waals surface area contributed by atoms with Gasteiger partial charge in [-0.3, -0.25) is 9.59 Å². The van der Waals surface area contributed by atoms with Crippen LogP contribution < -0.4 is 14.2 Å². The normalized spacial score (nSPS) is 16.6. The van der Waals surface area contributed by atoms with E-state index in [1.807, 2.05) is 24.4 Å². The first kappa shape index (κ1) is 25.8. The number of methoxy groups -OCH3 is 3. The van der Waals surface area contributed by atoms with Crippen LogP contribution in [0.15, 0.2) is 72.4 Å². The Kier molecular flexibility index (Phi) is 6.98. The SMILES string of the molecule is COc1ccc2[nH]cc(CCN3C(=O)C(=O)C(=C(O)c4ccc(OC)c(OC)c4)[C@@H]3c3ccccc3F)c2c1. The number of aromatic amines is 1. The number of carbonyl (C=O) groups is 2. The van der Waals surface area contributed by atoms with E-state index in [9.17, 15) is 14.7 Å². The number of rotatable bonds is 8. The summed E-state index contributed by atoms with van der Waals surface area (Å²) in [5.74, 6) is -1.29. The summed E-state index contributed by atoms with van der Waals surface area (Å²) in [6, 6.07) is 15.0. The molecule has 8 nitrogen and oxygen atoms in total. The van der Waals surface area contributed by atoms with Gasteiger partial charge in [-0.1, -0.05) is 18.2 Å². The molecule has 1 amide bonds. The summed E-state index contributed by atoms with van der Waals surface area (Å²) in [5.41, 5.74) is 1.94. The fraction of sp³-hybridized carbons (Fsp3) is 0.200. The van der Waals surface area contributed by atoms with Crippen LogP contribution in [0.1, 0.15) is 22.7 Å². The van der Waals surface area contributed by atoms with Crippen molar-refractivity contribution in [3.05, 3.63) is 94.9 Å². The number of ether oxygens (including phenoxy) is 3. The maximum absolute atomic E-state index is 15.1. The molecule has 1 fully saturated rings. The highest BCUT2D eigenvalue weighted by Crippen LogP contribution is 2.41. The fourth-order valence-corrected chi connectivity index (χ4v) is 5.00. The Labute approximate surface area is 224 Å². The van der Waals surface area contributed by atoms with Gasteiger partial charge in [-0.05, 0) is 54.4 Å². The first-order valence-electron chi connectivity index (χ1n) is 12.3. The number of amides is 1. The average molecular weight is 531 g/mol. The molecule has 39 heavy (non-hydrogen) atoms. The minimum absolute atomic E-state index is 0.108. The van der Waals surface area contributed by atoms with Crippen LogP contribution in [-0.4, -0.2) is 54.6 Å². The molecule has 1 aliphatic heterocycles. The number of likely N-dealkylation sites (tertiary alicyclic amines) is 1. The zero-order chi connectivity index (χ0) is 27.7. The molecule has 0 aliphatic carbocycles. The molecule has 0 radical (unpaired) electrons. The molecule has 5 rings (SSSR count). The van der Waals surface area contributed by atoms with Gasteiger partial charge in [-0.2, -0.15) is 0 Å². The highest BCUT2D eigenvalue weighted by Gasteiger charge is 2.46. The van der Waals surface area contributed by atoms with Crippen molar-refractivity contribution in [1.82, 2.24) is 9.88 Å². The van der Waals surface area contributed by atoms with Crippen molar-refractivity contribution in [2.75, 3.05) is 27.9 Å². The van der Waals surface area contributed by atoms with E-state index in [-0.39, 0.29) is 23.2 Å². The van der Waals surface area contributed by atoms with Gasteiger partial charge in [0, 0.05) is 34.8 Å². The maximum atomic E-state index is 15.1. The summed E-state index contributed by atoms with van der Waals surface area (Å²) in [5, 5.41) is 12.2. The molecule has 2 N–H and O–H groups in total. The topological polar surface area (TPSA) is 101 Å². The third kappa shape index (κ3) is 4.56. The Balaban J connectivity index is 1.58. The molecule has 1 atom stereocenters. The van der Waals surface area contributed by atoms with Crippen LogP contribution in [0.5, 0.6) is 17.2 Å². The lowest BCUT2D eigenvalue weighted by atomic mass is 9.94. The summed E-state index contributed by atoms with van der Waals surface area (Å²) in [7, 11) is 4.50. The van der Waals surface area contributed by atoms with Crippen molar-refractivity contribution in [2.24, 2.45) is 0 Å². The number of aliphatic hydroxyl groups excluding tert-OH is 1. The number of nitrogens with one attached hydrogen (secondary N) is 1. The Morgan fingerprint density at radius 2 is 1.74 bits per heavy atom. The lowest BCUT2D eigenvalue weighted by Crippen LogP contribution is -2.32. The number of halogens is 1. The van der Waals surface area contributed by atoms with Crippen molar-refractivity contribution < 1.29 is 33.3 Å². The van der Waals surface area contributed by atoms with Crippen LogP contribution in [0, 0.1) is 5.82 Å². The van der Waals surface area contributed by atoms with E-state index >= 15 is 4.39 Å². The number of aromatic nitrogens is 1. The van der Waals surface area contributed by atoms with Gasteiger partial charge in [-0.15, -0.1) is 0 Å². The van der Waals surface area contributed by atoms with Crippen molar-refractivity contribution in [3.8, 4) is 17.2 Å². The Bertz CT molecular complexity index is 1610. The first-order chi connectivity index (χ1) is 18.9. The number of fused-ring (bicyclic) bond motifs is 1. The van der Waals surface area contributed by atoms with E-state index in [0.717, 1.165) is 16.5 Å². The quantitative estimate of drug-likeness (QED) is 0.189. The van der Waals surface area contributed by atoms with Gasteiger partial charge in [-0.25, -0.2) is 4.39 Å². The zero-order valence-corrected chi connectivity index (χ0v) is 21.7. The molecule has 1 aromatic heterocycles. The van der Waals surface area contributed by atoms with E-state index in [2.05, 4.69) is 4.98 Å². The van der Waals surface area contributed by atoms with E-state index in [1.165, 1.54) is 43.4 Å². The zero-order valence-electron chi connectivity index (χ0n) is 21.7. The monoisotopic (exact) mass is 530 g/mol. The second-order valence-corrected chi connectivity index (χ2v) is 9.06. The lowest BCUT2D eigenvalue weighted by Gasteiger charge is -2.25. The predicted molar refractivity (Wildman–Crippen MR) is 144 cm³/mol. The number of hydrogen-bond donors (Lipinski definition) is 2. The number of carbonyl (C=O) groups excluding carboxylic acids is 2. The van der Waals surface area contributed by atoms with Crippen molar-refractivity contribution in [1.29, 1.82) is 0 Å². The number of benzene rings is 3. The highest BCUT2D eigenvalue weighted by molar-refractivity contribution is 6.46. The molecular formula is C30H27FN2O6. The molecular weight excluding hydrogens is 503 g/mol. The van der Waals surface area contributed by atoms with E-state index in [1.54, 1.807) is 25.3 Å². The smallest absolute Gasteiger partial charge is 0.295 e. The lowest BCUT2D eigenvalue weighted by molar-refractivity contribution is -0.139. The molecule has 1 aliphatic rings. The van der Waals surface area contributed by atoms with Crippen molar-refractivity contribution >= 4 is 28.4 Å². The number of ketones is 1. The summed E-state index contributed by atoms with van der Waals surface area (Å²) >= 11 is 0. The maximum Gasteiger partial charge on any atom is 0.295 e. The predicted octanol–water partition coefficient (Wildman–Crippen LogP) is 5.00. The molecule has 2 heterocycles. The molecule has 0 bridgehead atoms. The minimum Gasteiger partial charge on any atom is -0.507 e. The molecule has 0 spiro atoms. The van der Waals surface area contributed by atoms with Gasteiger partial charge in [0.2, 0.25) is 0 Å². The fourth-order valence-electron chi connectivity index (χ4n) is 5.00. The molecule has 1 saturated heterocycles. The number of Topliss-reactive ketones (excluding diaryl/α,β-unsaturated/α-hetero) is 1.